The van der Waals surface area contributed by atoms with Crippen LogP contribution in [0.4, 0.5) is 0 Å². The van der Waals surface area contributed by atoms with Crippen LogP contribution in [-0.2, 0) is 11.3 Å². The third-order valence-electron chi connectivity index (χ3n) is 2.34. The summed E-state index contributed by atoms with van der Waals surface area (Å²) >= 11 is 1.85. The lowest BCUT2D eigenvalue weighted by molar-refractivity contribution is 0.122. The van der Waals surface area contributed by atoms with Gasteiger partial charge in [0.05, 0.1) is 6.61 Å². The SMILES string of the molecule is CSCCCOCc1ccc2c(c1)OCO2. The molecule has 1 aliphatic rings. The standard InChI is InChI=1S/C12H16O3S/c1-16-6-2-5-13-8-10-3-4-11-12(7-10)15-9-14-11/h3-4,7H,2,5-6,8-9H2,1H3. The summed E-state index contributed by atoms with van der Waals surface area (Å²) in [6, 6.07) is 5.93. The van der Waals surface area contributed by atoms with Crippen LogP contribution in [0.5, 0.6) is 11.5 Å². The monoisotopic (exact) mass is 240 g/mol. The van der Waals surface area contributed by atoms with Crippen molar-refractivity contribution < 1.29 is 14.2 Å². The van der Waals surface area contributed by atoms with Gasteiger partial charge in [0.25, 0.3) is 0 Å². The van der Waals surface area contributed by atoms with Gasteiger partial charge in [-0.25, -0.2) is 0 Å². The van der Waals surface area contributed by atoms with Gasteiger partial charge < -0.3 is 14.2 Å². The van der Waals surface area contributed by atoms with Crippen molar-refractivity contribution in [2.75, 3.05) is 25.4 Å². The third kappa shape index (κ3) is 3.06. The maximum absolute atomic E-state index is 5.57. The number of benzene rings is 1. The predicted octanol–water partition coefficient (Wildman–Crippen LogP) is 2.69. The average molecular weight is 240 g/mol. The second-order valence-electron chi connectivity index (χ2n) is 3.59. The predicted molar refractivity (Wildman–Crippen MR) is 65.2 cm³/mol. The molecule has 0 fully saturated rings. The molecule has 0 amide bonds. The van der Waals surface area contributed by atoms with Crippen molar-refractivity contribution >= 4 is 11.8 Å². The van der Waals surface area contributed by atoms with Crippen LogP contribution in [0.25, 0.3) is 0 Å². The van der Waals surface area contributed by atoms with E-state index < -0.39 is 0 Å². The minimum absolute atomic E-state index is 0.327. The number of fused-ring (bicyclic) bond motifs is 1. The molecule has 1 aromatic carbocycles. The summed E-state index contributed by atoms with van der Waals surface area (Å²) in [6.45, 7) is 1.79. The molecule has 0 aliphatic carbocycles. The smallest absolute Gasteiger partial charge is 0.231 e. The Morgan fingerprint density at radius 2 is 2.19 bits per heavy atom. The zero-order chi connectivity index (χ0) is 11.2. The maximum Gasteiger partial charge on any atom is 0.231 e. The summed E-state index contributed by atoms with van der Waals surface area (Å²) in [4.78, 5) is 0. The van der Waals surface area contributed by atoms with Crippen LogP contribution in [0.15, 0.2) is 18.2 Å². The molecule has 0 radical (unpaired) electrons. The van der Waals surface area contributed by atoms with Gasteiger partial charge in [0.15, 0.2) is 11.5 Å². The number of hydrogen-bond donors (Lipinski definition) is 0. The zero-order valence-electron chi connectivity index (χ0n) is 9.40. The summed E-state index contributed by atoms with van der Waals surface area (Å²) in [5, 5.41) is 0. The molecule has 0 N–H and O–H groups in total. The normalized spacial score (nSPS) is 13.1. The Bertz CT molecular complexity index is 341. The van der Waals surface area contributed by atoms with Gasteiger partial charge in [0.1, 0.15) is 0 Å². The molecule has 1 aliphatic heterocycles. The van der Waals surface area contributed by atoms with Crippen molar-refractivity contribution in [2.45, 2.75) is 13.0 Å². The lowest BCUT2D eigenvalue weighted by atomic mass is 10.2. The third-order valence-corrected chi connectivity index (χ3v) is 3.04. The summed E-state index contributed by atoms with van der Waals surface area (Å²) in [7, 11) is 0. The fraction of sp³-hybridized carbons (Fsp3) is 0.500. The molecule has 0 saturated carbocycles. The molecule has 0 atom stereocenters. The molecule has 3 nitrogen and oxygen atoms in total. The van der Waals surface area contributed by atoms with E-state index in [0.29, 0.717) is 13.4 Å². The van der Waals surface area contributed by atoms with Crippen LogP contribution >= 0.6 is 11.8 Å². The Morgan fingerprint density at radius 1 is 1.31 bits per heavy atom. The molecule has 0 bridgehead atoms. The maximum atomic E-state index is 5.57. The van der Waals surface area contributed by atoms with E-state index in [-0.39, 0.29) is 0 Å². The van der Waals surface area contributed by atoms with Gasteiger partial charge >= 0.3 is 0 Å². The van der Waals surface area contributed by atoms with Crippen LogP contribution < -0.4 is 9.47 Å². The molecule has 0 saturated heterocycles. The van der Waals surface area contributed by atoms with E-state index >= 15 is 0 Å². The van der Waals surface area contributed by atoms with Gasteiger partial charge in [0.2, 0.25) is 6.79 Å². The zero-order valence-corrected chi connectivity index (χ0v) is 10.2. The van der Waals surface area contributed by atoms with Crippen molar-refractivity contribution in [1.82, 2.24) is 0 Å². The van der Waals surface area contributed by atoms with E-state index in [1.54, 1.807) is 0 Å². The van der Waals surface area contributed by atoms with E-state index in [1.807, 2.05) is 30.0 Å². The summed E-state index contributed by atoms with van der Waals surface area (Å²) < 4.78 is 16.1. The van der Waals surface area contributed by atoms with Gasteiger partial charge in [-0.15, -0.1) is 0 Å². The van der Waals surface area contributed by atoms with Crippen molar-refractivity contribution in [3.05, 3.63) is 23.8 Å². The van der Waals surface area contributed by atoms with Crippen molar-refractivity contribution in [1.29, 1.82) is 0 Å². The molecule has 0 unspecified atom stereocenters. The van der Waals surface area contributed by atoms with Crippen molar-refractivity contribution in [3.8, 4) is 11.5 Å². The van der Waals surface area contributed by atoms with E-state index in [1.165, 1.54) is 0 Å². The lowest BCUT2D eigenvalue weighted by Gasteiger charge is -2.04. The lowest BCUT2D eigenvalue weighted by Crippen LogP contribution is -1.96. The highest BCUT2D eigenvalue weighted by atomic mass is 32.2. The highest BCUT2D eigenvalue weighted by Crippen LogP contribution is 2.32. The minimum atomic E-state index is 0.327. The Hall–Kier alpha value is -0.870. The Balaban J connectivity index is 1.77. The Morgan fingerprint density at radius 3 is 3.06 bits per heavy atom. The van der Waals surface area contributed by atoms with Crippen molar-refractivity contribution in [3.63, 3.8) is 0 Å². The van der Waals surface area contributed by atoms with E-state index in [4.69, 9.17) is 14.2 Å². The number of thioether (sulfide) groups is 1. The molecule has 1 aromatic rings. The number of hydrogen-bond acceptors (Lipinski definition) is 4. The topological polar surface area (TPSA) is 27.7 Å². The fourth-order valence-corrected chi connectivity index (χ4v) is 1.93. The number of ether oxygens (including phenoxy) is 3. The van der Waals surface area contributed by atoms with Gasteiger partial charge in [-0.2, -0.15) is 11.8 Å². The molecule has 1 heterocycles. The van der Waals surface area contributed by atoms with E-state index in [0.717, 1.165) is 35.8 Å². The van der Waals surface area contributed by atoms with E-state index in [9.17, 15) is 0 Å². The van der Waals surface area contributed by atoms with Crippen LogP contribution in [0, 0.1) is 0 Å². The summed E-state index contributed by atoms with van der Waals surface area (Å²) in [5.41, 5.74) is 1.13. The molecule has 4 heteroatoms. The first-order valence-corrected chi connectivity index (χ1v) is 6.75. The number of rotatable bonds is 6. The van der Waals surface area contributed by atoms with Gasteiger partial charge in [-0.05, 0) is 36.1 Å². The van der Waals surface area contributed by atoms with Crippen LogP contribution in [0.3, 0.4) is 0 Å². The van der Waals surface area contributed by atoms with Crippen LogP contribution in [0.2, 0.25) is 0 Å². The summed E-state index contributed by atoms with van der Waals surface area (Å²) in [5.74, 6) is 2.80. The van der Waals surface area contributed by atoms with Crippen LogP contribution in [0.1, 0.15) is 12.0 Å². The molecular formula is C12H16O3S. The van der Waals surface area contributed by atoms with Gasteiger partial charge in [-0.1, -0.05) is 6.07 Å². The fourth-order valence-electron chi connectivity index (χ4n) is 1.53. The molecule has 88 valence electrons. The first kappa shape index (κ1) is 11.6. The summed E-state index contributed by atoms with van der Waals surface area (Å²) in [6.07, 6.45) is 3.21. The second-order valence-corrected chi connectivity index (χ2v) is 4.57. The highest BCUT2D eigenvalue weighted by molar-refractivity contribution is 7.98. The average Bonchev–Trinajstić information content (AvgIpc) is 2.76. The molecule has 2 rings (SSSR count). The quantitative estimate of drug-likeness (QED) is 0.715. The molecular weight excluding hydrogens is 224 g/mol. The minimum Gasteiger partial charge on any atom is -0.454 e. The van der Waals surface area contributed by atoms with Gasteiger partial charge in [0, 0.05) is 6.61 Å². The second kappa shape index (κ2) is 6.01. The molecule has 0 aromatic heterocycles. The van der Waals surface area contributed by atoms with E-state index in [2.05, 4.69) is 6.26 Å². The first-order chi connectivity index (χ1) is 7.90. The Kier molecular flexibility index (Phi) is 4.36. The molecule has 0 spiro atoms. The highest BCUT2D eigenvalue weighted by Gasteiger charge is 2.12. The van der Waals surface area contributed by atoms with Gasteiger partial charge in [-0.3, -0.25) is 0 Å². The van der Waals surface area contributed by atoms with Crippen molar-refractivity contribution in [2.24, 2.45) is 0 Å². The van der Waals surface area contributed by atoms with Crippen LogP contribution in [-0.4, -0.2) is 25.4 Å². The Labute approximate surface area is 100 Å². The molecule has 16 heavy (non-hydrogen) atoms. The first-order valence-electron chi connectivity index (χ1n) is 5.35. The largest absolute Gasteiger partial charge is 0.454 e.